The first kappa shape index (κ1) is 51.6. The van der Waals surface area contributed by atoms with Gasteiger partial charge in [-0.3, -0.25) is 0 Å². The van der Waals surface area contributed by atoms with Crippen LogP contribution in [0.25, 0.3) is 0 Å². The maximum absolute atomic E-state index is 4.86. The molecule has 6 unspecified atom stereocenters. The van der Waals surface area contributed by atoms with Crippen LogP contribution in [0.3, 0.4) is 0 Å². The van der Waals surface area contributed by atoms with Crippen molar-refractivity contribution in [2.45, 2.75) is 180 Å². The molecule has 0 heteroatoms. The molecule has 0 spiro atoms. The molecule has 4 rings (SSSR count). The van der Waals surface area contributed by atoms with Gasteiger partial charge in [-0.05, 0) is 191 Å². The fourth-order valence-corrected chi connectivity index (χ4v) is 9.96. The summed E-state index contributed by atoms with van der Waals surface area (Å²) in [5.41, 5.74) is 16.2. The second-order valence-electron chi connectivity index (χ2n) is 18.8. The molecule has 4 aliphatic carbocycles. The third-order valence-corrected chi connectivity index (χ3v) is 14.5. The summed E-state index contributed by atoms with van der Waals surface area (Å²) in [5, 5.41) is 0. The Balaban J connectivity index is 0.00000291. The zero-order valence-corrected chi connectivity index (χ0v) is 40.6. The Hall–Kier alpha value is -3.56. The van der Waals surface area contributed by atoms with Crippen LogP contribution in [0.1, 0.15) is 180 Å². The molecule has 2 bridgehead atoms. The van der Waals surface area contributed by atoms with E-state index in [9.17, 15) is 0 Å². The lowest BCUT2D eigenvalue weighted by atomic mass is 9.46. The van der Waals surface area contributed by atoms with Gasteiger partial charge in [0, 0.05) is 10.8 Å². The summed E-state index contributed by atoms with van der Waals surface area (Å²) in [5.74, 6) is 2.28. The molecule has 0 nitrogen and oxygen atoms in total. The molecule has 0 amide bonds. The Kier molecular flexibility index (Phi) is 22.1. The summed E-state index contributed by atoms with van der Waals surface area (Å²) in [7, 11) is 0. The van der Waals surface area contributed by atoms with Crippen molar-refractivity contribution < 1.29 is 0 Å². The van der Waals surface area contributed by atoms with Crippen LogP contribution < -0.4 is 0 Å². The molecule has 6 atom stereocenters. The van der Waals surface area contributed by atoms with E-state index >= 15 is 0 Å². The van der Waals surface area contributed by atoms with Crippen LogP contribution in [0.5, 0.6) is 0 Å². The molecular weight excluding hydrogens is 709 g/mol. The van der Waals surface area contributed by atoms with E-state index in [0.717, 1.165) is 64.2 Å². The minimum absolute atomic E-state index is 0.0479. The second kappa shape index (κ2) is 25.3. The molecule has 0 saturated heterocycles. The van der Waals surface area contributed by atoms with Crippen LogP contribution in [0, 0.1) is 47.3 Å². The van der Waals surface area contributed by atoms with Crippen LogP contribution >= 0.6 is 0 Å². The number of rotatable bonds is 20. The fourth-order valence-electron chi connectivity index (χ4n) is 9.96. The van der Waals surface area contributed by atoms with E-state index < -0.39 is 0 Å². The van der Waals surface area contributed by atoms with Crippen molar-refractivity contribution in [1.82, 2.24) is 0 Å². The van der Waals surface area contributed by atoms with E-state index in [1.54, 1.807) is 0 Å². The van der Waals surface area contributed by atoms with Crippen LogP contribution in [0.2, 0.25) is 0 Å². The monoisotopic (exact) mass is 797 g/mol. The molecule has 4 aliphatic rings. The Morgan fingerprint density at radius 2 is 1.02 bits per heavy atom. The van der Waals surface area contributed by atoms with Gasteiger partial charge >= 0.3 is 0 Å². The molecule has 324 valence electrons. The van der Waals surface area contributed by atoms with Crippen molar-refractivity contribution in [1.29, 1.82) is 0 Å². The number of hydrogen-bond acceptors (Lipinski definition) is 0. The highest BCUT2D eigenvalue weighted by Gasteiger charge is 2.67. The van der Waals surface area contributed by atoms with Gasteiger partial charge in [0.15, 0.2) is 0 Å². The Morgan fingerprint density at radius 3 is 1.51 bits per heavy atom. The van der Waals surface area contributed by atoms with Crippen molar-refractivity contribution in [3.8, 4) is 12.8 Å². The number of fused-ring (bicyclic) bond motifs is 6. The molecule has 0 radical (unpaired) electrons. The van der Waals surface area contributed by atoms with E-state index in [0.29, 0.717) is 23.7 Å². The molecule has 0 aromatic heterocycles. The van der Waals surface area contributed by atoms with Gasteiger partial charge in [-0.1, -0.05) is 154 Å². The van der Waals surface area contributed by atoms with Gasteiger partial charge in [-0.25, -0.2) is 0 Å². The molecule has 2 fully saturated rings. The van der Waals surface area contributed by atoms with Crippen molar-refractivity contribution in [3.05, 3.63) is 141 Å². The fraction of sp³-hybridized carbons (Fsp3) is 0.559. The highest BCUT2D eigenvalue weighted by atomic mass is 14.7. The lowest BCUT2D eigenvalue weighted by Crippen LogP contribution is -2.49. The number of terminal acetylenes is 1. The average Bonchev–Trinajstić information content (AvgIpc) is 3.82. The van der Waals surface area contributed by atoms with E-state index in [2.05, 4.69) is 156 Å². The molecule has 0 aliphatic heterocycles. The Bertz CT molecular complexity index is 1750. The molecule has 0 aromatic carbocycles. The third-order valence-electron chi connectivity index (χ3n) is 14.5. The maximum atomic E-state index is 4.86. The van der Waals surface area contributed by atoms with Crippen LogP contribution in [-0.2, 0) is 0 Å². The summed E-state index contributed by atoms with van der Waals surface area (Å²) in [6.45, 7) is 39.3. The normalized spacial score (nSPS) is 25.5. The minimum Gasteiger partial charge on any atom is -0.124 e. The standard InChI is InChI=1S/C55H80.C2H6.C2H2/c1-39(2)20-16-21-40(3)22-17-24-42(5)30-32-45(8)44(7)27-19-26-41(4)23-18-25-43(6)31-33-46(9)47(10)36-37-55-49(12)53-29-15-14-28-52(53)48(11)54(55,13)50-34-35-51(55)38-50;2*1-2/h20,22-23,27-31,34-36,45-46,50-51H,11-12,14-19,21,24-26,32-33,37-38H2,1-10,13H3;1-2H3;1-2H/b40-22+,41-23+,42-30+,43-31+,44-27+,47-36+;;. The predicted octanol–water partition coefficient (Wildman–Crippen LogP) is 18.4. The second-order valence-corrected chi connectivity index (χ2v) is 18.8. The minimum atomic E-state index is 0.0479. The summed E-state index contributed by atoms with van der Waals surface area (Å²) >= 11 is 0. The van der Waals surface area contributed by atoms with Gasteiger partial charge in [-0.15, -0.1) is 12.8 Å². The summed E-state index contributed by atoms with van der Waals surface area (Å²) in [4.78, 5) is 0. The third kappa shape index (κ3) is 13.5. The average molecular weight is 797 g/mol. The smallest absolute Gasteiger partial charge is 0.0150 e. The van der Waals surface area contributed by atoms with Gasteiger partial charge in [0.2, 0.25) is 0 Å². The van der Waals surface area contributed by atoms with Crippen LogP contribution in [0.15, 0.2) is 141 Å². The van der Waals surface area contributed by atoms with E-state index in [-0.39, 0.29) is 10.8 Å². The maximum Gasteiger partial charge on any atom is 0.0150 e. The van der Waals surface area contributed by atoms with Gasteiger partial charge < -0.3 is 0 Å². The lowest BCUT2D eigenvalue weighted by molar-refractivity contribution is 0.114. The van der Waals surface area contributed by atoms with Gasteiger partial charge in [0.05, 0.1) is 0 Å². The van der Waals surface area contributed by atoms with Gasteiger partial charge in [0.1, 0.15) is 0 Å². The molecule has 59 heavy (non-hydrogen) atoms. The van der Waals surface area contributed by atoms with Crippen LogP contribution in [0.4, 0.5) is 0 Å². The lowest BCUT2D eigenvalue weighted by Gasteiger charge is -2.57. The molecule has 0 N–H and O–H groups in total. The van der Waals surface area contributed by atoms with Gasteiger partial charge in [0.25, 0.3) is 0 Å². The summed E-state index contributed by atoms with van der Waals surface area (Å²) in [6, 6.07) is 0. The van der Waals surface area contributed by atoms with Crippen LogP contribution in [-0.4, -0.2) is 0 Å². The van der Waals surface area contributed by atoms with Gasteiger partial charge in [-0.2, -0.15) is 0 Å². The summed E-state index contributed by atoms with van der Waals surface area (Å²) in [6.07, 6.45) is 51.4. The summed E-state index contributed by atoms with van der Waals surface area (Å²) < 4.78 is 0. The topological polar surface area (TPSA) is 0 Å². The Labute approximate surface area is 367 Å². The predicted molar refractivity (Wildman–Crippen MR) is 267 cm³/mol. The zero-order valence-electron chi connectivity index (χ0n) is 40.6. The molecule has 2 saturated carbocycles. The molecular formula is C59H88. The quantitative estimate of drug-likeness (QED) is 0.0850. The van der Waals surface area contributed by atoms with E-state index in [1.807, 2.05) is 13.8 Å². The highest BCUT2D eigenvalue weighted by molar-refractivity contribution is 5.67. The van der Waals surface area contributed by atoms with E-state index in [4.69, 9.17) is 13.2 Å². The van der Waals surface area contributed by atoms with Crippen molar-refractivity contribution >= 4 is 0 Å². The molecule has 0 heterocycles. The van der Waals surface area contributed by atoms with E-state index in [1.165, 1.54) is 87.0 Å². The van der Waals surface area contributed by atoms with Crippen molar-refractivity contribution in [2.24, 2.45) is 34.5 Å². The van der Waals surface area contributed by atoms with Crippen molar-refractivity contribution in [2.75, 3.05) is 0 Å². The number of hydrogen-bond donors (Lipinski definition) is 0. The largest absolute Gasteiger partial charge is 0.124 e. The first-order valence-electron chi connectivity index (χ1n) is 23.5. The molecule has 0 aromatic rings. The SMILES string of the molecule is C#C.C=C1C2=CCCC=C2C(=C)C2(C/C=C(\C)C(C)C/C=C(\C)CC/C=C(\C)CC/C=C(\C)C(C)C/C=C(\C)CC/C=C(\C)CCC=C(C)C)C3C=CC(C3)C12C.CC. The van der Waals surface area contributed by atoms with Crippen molar-refractivity contribution in [3.63, 3.8) is 0 Å². The highest BCUT2D eigenvalue weighted by Crippen LogP contribution is 2.75. The first-order chi connectivity index (χ1) is 28.1. The first-order valence-corrected chi connectivity index (χ1v) is 23.5. The zero-order chi connectivity index (χ0) is 44.3. The Morgan fingerprint density at radius 1 is 0.610 bits per heavy atom. The number of allylic oxidation sites excluding steroid dienone is 22.